The van der Waals surface area contributed by atoms with Gasteiger partial charge in [0.15, 0.2) is 11.6 Å². The monoisotopic (exact) mass is 526 g/mol. The number of carbonyl (C=O) groups excluding carboxylic acids is 2. The Bertz CT molecular complexity index is 1390. The van der Waals surface area contributed by atoms with Crippen LogP contribution in [0.5, 0.6) is 0 Å². The molecule has 2 N–H and O–H groups in total. The van der Waals surface area contributed by atoms with Crippen LogP contribution in [-0.2, 0) is 0 Å². The summed E-state index contributed by atoms with van der Waals surface area (Å²) in [5, 5.41) is 8.10. The van der Waals surface area contributed by atoms with E-state index in [1.54, 1.807) is 72.8 Å². The predicted octanol–water partition coefficient (Wildman–Crippen LogP) is 8.56. The first kappa shape index (κ1) is 22.8. The van der Waals surface area contributed by atoms with E-state index in [4.69, 9.17) is 46.4 Å². The predicted molar refractivity (Wildman–Crippen MR) is 139 cm³/mol. The molecule has 0 unspecified atom stereocenters. The fourth-order valence-electron chi connectivity index (χ4n) is 3.90. The molecule has 4 aromatic rings. The van der Waals surface area contributed by atoms with Gasteiger partial charge in [0.1, 0.15) is 0 Å². The number of nitrogens with one attached hydrogen (secondary N) is 2. The number of halogens is 4. The maximum atomic E-state index is 13.6. The van der Waals surface area contributed by atoms with Crippen LogP contribution in [0.2, 0.25) is 20.1 Å². The first-order chi connectivity index (χ1) is 16.3. The van der Waals surface area contributed by atoms with Crippen LogP contribution in [0.15, 0.2) is 72.8 Å². The van der Waals surface area contributed by atoms with Crippen LogP contribution in [-0.4, -0.2) is 11.6 Å². The molecular formula is C26H14Cl4N2O2. The van der Waals surface area contributed by atoms with Gasteiger partial charge in [0, 0.05) is 21.2 Å². The van der Waals surface area contributed by atoms with Crippen LogP contribution in [0.3, 0.4) is 0 Å². The van der Waals surface area contributed by atoms with Crippen molar-refractivity contribution in [1.82, 2.24) is 0 Å². The molecule has 1 aliphatic rings. The molecule has 0 atom stereocenters. The van der Waals surface area contributed by atoms with Crippen molar-refractivity contribution in [2.45, 2.75) is 0 Å². The van der Waals surface area contributed by atoms with Gasteiger partial charge < -0.3 is 10.6 Å². The van der Waals surface area contributed by atoms with Gasteiger partial charge in [-0.25, -0.2) is 0 Å². The number of rotatable bonds is 4. The van der Waals surface area contributed by atoms with E-state index in [-0.39, 0.29) is 22.7 Å². The Hall–Kier alpha value is -3.02. The van der Waals surface area contributed by atoms with Gasteiger partial charge in [-0.2, -0.15) is 0 Å². The standard InChI is InChI=1S/C26H14Cl4N2O2/c27-13-5-7-19(17(29)11-13)31-21-9-10-22(32-20-8-6-14(28)12-18(20)30)24-23(21)25(33)15-3-1-2-4-16(15)26(24)34/h1-12,31-32H. The van der Waals surface area contributed by atoms with E-state index in [1.807, 2.05) is 0 Å². The highest BCUT2D eigenvalue weighted by atomic mass is 35.5. The number of fused-ring (bicyclic) bond motifs is 2. The van der Waals surface area contributed by atoms with Crippen LogP contribution < -0.4 is 10.6 Å². The highest BCUT2D eigenvalue weighted by Gasteiger charge is 2.34. The van der Waals surface area contributed by atoms with Crippen molar-refractivity contribution in [3.05, 3.63) is 115 Å². The molecule has 168 valence electrons. The Balaban J connectivity index is 1.68. The van der Waals surface area contributed by atoms with Gasteiger partial charge in [-0.05, 0) is 48.5 Å². The lowest BCUT2D eigenvalue weighted by molar-refractivity contribution is 0.0980. The molecule has 0 aliphatic heterocycles. The van der Waals surface area contributed by atoms with Gasteiger partial charge in [0.2, 0.25) is 0 Å². The summed E-state index contributed by atoms with van der Waals surface area (Å²) in [4.78, 5) is 27.2. The Labute approximate surface area is 215 Å². The van der Waals surface area contributed by atoms with Gasteiger partial charge in [-0.3, -0.25) is 9.59 Å². The van der Waals surface area contributed by atoms with Crippen LogP contribution in [0.1, 0.15) is 31.8 Å². The van der Waals surface area contributed by atoms with E-state index in [9.17, 15) is 9.59 Å². The Morgan fingerprint density at radius 2 is 0.882 bits per heavy atom. The molecule has 4 aromatic carbocycles. The number of ketones is 2. The van der Waals surface area contributed by atoms with E-state index in [0.717, 1.165) is 0 Å². The molecule has 8 heteroatoms. The molecule has 0 spiro atoms. The van der Waals surface area contributed by atoms with Crippen molar-refractivity contribution >= 4 is 80.7 Å². The van der Waals surface area contributed by atoms with Gasteiger partial charge in [-0.1, -0.05) is 70.7 Å². The fraction of sp³-hybridized carbons (Fsp3) is 0. The normalized spacial score (nSPS) is 12.2. The number of hydrogen-bond donors (Lipinski definition) is 2. The largest absolute Gasteiger partial charge is 0.354 e. The summed E-state index contributed by atoms with van der Waals surface area (Å²) in [5.74, 6) is -0.549. The highest BCUT2D eigenvalue weighted by Crippen LogP contribution is 2.40. The van der Waals surface area contributed by atoms with Crippen molar-refractivity contribution in [3.63, 3.8) is 0 Å². The minimum Gasteiger partial charge on any atom is -0.354 e. The Morgan fingerprint density at radius 3 is 1.26 bits per heavy atom. The molecule has 4 nitrogen and oxygen atoms in total. The second-order valence-electron chi connectivity index (χ2n) is 7.61. The third-order valence-corrected chi connectivity index (χ3v) is 6.57. The molecular weight excluding hydrogens is 514 g/mol. The van der Waals surface area contributed by atoms with E-state index in [1.165, 1.54) is 0 Å². The molecule has 0 amide bonds. The summed E-state index contributed by atoms with van der Waals surface area (Å²) in [6.45, 7) is 0. The lowest BCUT2D eigenvalue weighted by Crippen LogP contribution is -2.23. The Kier molecular flexibility index (Phi) is 6.00. The van der Waals surface area contributed by atoms with Gasteiger partial charge in [0.05, 0.1) is 43.9 Å². The van der Waals surface area contributed by atoms with E-state index < -0.39 is 0 Å². The third kappa shape index (κ3) is 4.04. The second-order valence-corrected chi connectivity index (χ2v) is 9.30. The number of benzene rings is 4. The molecule has 0 saturated heterocycles. The maximum Gasteiger partial charge on any atom is 0.196 e. The van der Waals surface area contributed by atoms with Gasteiger partial charge in [-0.15, -0.1) is 0 Å². The van der Waals surface area contributed by atoms with E-state index in [2.05, 4.69) is 10.6 Å². The zero-order valence-electron chi connectivity index (χ0n) is 17.3. The van der Waals surface area contributed by atoms with Crippen molar-refractivity contribution in [2.24, 2.45) is 0 Å². The van der Waals surface area contributed by atoms with Crippen LogP contribution in [0, 0.1) is 0 Å². The summed E-state index contributed by atoms with van der Waals surface area (Å²) in [5.41, 5.74) is 3.15. The van der Waals surface area contributed by atoms with Crippen molar-refractivity contribution < 1.29 is 9.59 Å². The lowest BCUT2D eigenvalue weighted by Gasteiger charge is -2.24. The quantitative estimate of drug-likeness (QED) is 0.246. The summed E-state index contributed by atoms with van der Waals surface area (Å²) in [6.07, 6.45) is 0. The molecule has 34 heavy (non-hydrogen) atoms. The van der Waals surface area contributed by atoms with E-state index >= 15 is 0 Å². The summed E-state index contributed by atoms with van der Waals surface area (Å²) in [6, 6.07) is 20.2. The SMILES string of the molecule is O=C1c2ccccc2C(=O)c2c(Nc3ccc(Cl)cc3Cl)ccc(Nc3ccc(Cl)cc3Cl)c21. The van der Waals surface area contributed by atoms with Gasteiger partial charge >= 0.3 is 0 Å². The van der Waals surface area contributed by atoms with Crippen LogP contribution in [0.4, 0.5) is 22.7 Å². The van der Waals surface area contributed by atoms with E-state index in [0.29, 0.717) is 54.0 Å². The number of hydrogen-bond acceptors (Lipinski definition) is 4. The maximum absolute atomic E-state index is 13.6. The average molecular weight is 528 g/mol. The minimum atomic E-state index is -0.274. The van der Waals surface area contributed by atoms with Crippen molar-refractivity contribution in [3.8, 4) is 0 Å². The minimum absolute atomic E-state index is 0.241. The number of carbonyl (C=O) groups is 2. The summed E-state index contributed by atoms with van der Waals surface area (Å²) >= 11 is 24.7. The fourth-order valence-corrected chi connectivity index (χ4v) is 4.81. The topological polar surface area (TPSA) is 58.2 Å². The zero-order valence-corrected chi connectivity index (χ0v) is 20.3. The smallest absolute Gasteiger partial charge is 0.196 e. The average Bonchev–Trinajstić information content (AvgIpc) is 2.81. The summed E-state index contributed by atoms with van der Waals surface area (Å²) in [7, 11) is 0. The molecule has 0 aromatic heterocycles. The number of anilines is 4. The van der Waals surface area contributed by atoms with Crippen LogP contribution in [0.25, 0.3) is 0 Å². The van der Waals surface area contributed by atoms with Gasteiger partial charge in [0.25, 0.3) is 0 Å². The Morgan fingerprint density at radius 1 is 0.500 bits per heavy atom. The molecule has 0 bridgehead atoms. The first-order valence-electron chi connectivity index (χ1n) is 10.1. The molecule has 0 heterocycles. The molecule has 0 radical (unpaired) electrons. The lowest BCUT2D eigenvalue weighted by atomic mass is 9.82. The van der Waals surface area contributed by atoms with Crippen molar-refractivity contribution in [2.75, 3.05) is 10.6 Å². The molecule has 0 saturated carbocycles. The van der Waals surface area contributed by atoms with Crippen LogP contribution >= 0.6 is 46.4 Å². The third-order valence-electron chi connectivity index (χ3n) is 5.48. The zero-order chi connectivity index (χ0) is 24.0. The van der Waals surface area contributed by atoms with Crippen molar-refractivity contribution in [1.29, 1.82) is 0 Å². The molecule has 5 rings (SSSR count). The second kappa shape index (κ2) is 8.97. The summed E-state index contributed by atoms with van der Waals surface area (Å²) < 4.78 is 0. The highest BCUT2D eigenvalue weighted by molar-refractivity contribution is 6.37. The molecule has 1 aliphatic carbocycles. The molecule has 0 fully saturated rings. The first-order valence-corrected chi connectivity index (χ1v) is 11.6.